The maximum absolute atomic E-state index is 2.31. The monoisotopic (exact) mass is 266 g/mol. The number of halogens is 1. The van der Waals surface area contributed by atoms with Gasteiger partial charge >= 0.3 is 0 Å². The van der Waals surface area contributed by atoms with Crippen LogP contribution in [0.2, 0.25) is 0 Å². The molecule has 0 rings (SSSR count). The first-order valence-electron chi connectivity index (χ1n) is 6.09. The summed E-state index contributed by atoms with van der Waals surface area (Å²) in [6.07, 6.45) is 5.33. The molecule has 0 radical (unpaired) electrons. The number of quaternary nitrogens is 1. The Kier molecular flexibility index (Phi) is 12.0. The second-order valence-electron chi connectivity index (χ2n) is 4.24. The second-order valence-corrected chi connectivity index (χ2v) is 4.24. The predicted octanol–water partition coefficient (Wildman–Crippen LogP) is 0.447. The van der Waals surface area contributed by atoms with Crippen LogP contribution in [0, 0.1) is 0 Å². The van der Waals surface area contributed by atoms with Gasteiger partial charge in [-0.1, -0.05) is 27.7 Å². The van der Waals surface area contributed by atoms with E-state index in [0.29, 0.717) is 0 Å². The summed E-state index contributed by atoms with van der Waals surface area (Å²) in [5, 5.41) is 0. The molecule has 0 saturated carbocycles. The van der Waals surface area contributed by atoms with Crippen molar-refractivity contribution in [3.8, 4) is 0 Å². The second kappa shape index (κ2) is 9.97. The lowest BCUT2D eigenvalue weighted by Crippen LogP contribution is -3.00. The highest BCUT2D eigenvalue weighted by Crippen LogP contribution is 2.12. The number of rotatable bonds is 8. The van der Waals surface area contributed by atoms with Crippen LogP contribution in [0.4, 0.5) is 0 Å². The summed E-state index contributed by atoms with van der Waals surface area (Å²) in [6.45, 7) is 14.8. The van der Waals surface area contributed by atoms with Crippen LogP contribution in [0.3, 0.4) is 0 Å². The quantitative estimate of drug-likeness (QED) is 0.442. The lowest BCUT2D eigenvalue weighted by molar-refractivity contribution is -0.928. The summed E-state index contributed by atoms with van der Waals surface area (Å²) in [5.41, 5.74) is 0. The molecule has 14 heavy (non-hydrogen) atoms. The van der Waals surface area contributed by atoms with Crippen LogP contribution in [0.5, 0.6) is 0 Å². The fraction of sp³-hybridized carbons (Fsp3) is 1.00. The molecule has 2 heteroatoms. The average Bonchev–Trinajstić information content (AvgIpc) is 2.06. The summed E-state index contributed by atoms with van der Waals surface area (Å²) in [6, 6.07) is 0. The average molecular weight is 267 g/mol. The lowest BCUT2D eigenvalue weighted by Gasteiger charge is -2.38. The number of hydrogen-bond acceptors (Lipinski definition) is 0. The Morgan fingerprint density at radius 3 is 0.929 bits per heavy atom. The number of hydrogen-bond donors (Lipinski definition) is 0. The molecule has 0 unspecified atom stereocenters. The molecule has 1 nitrogen and oxygen atoms in total. The van der Waals surface area contributed by atoms with Gasteiger partial charge in [0.2, 0.25) is 0 Å². The Balaban J connectivity index is 0. The third-order valence-electron chi connectivity index (χ3n) is 2.79. The molecule has 0 aromatic carbocycles. The van der Waals surface area contributed by atoms with Gasteiger partial charge in [0.05, 0.1) is 26.2 Å². The molecule has 0 aliphatic carbocycles. The summed E-state index contributed by atoms with van der Waals surface area (Å²) < 4.78 is 1.38. The first-order chi connectivity index (χ1) is 6.24. The van der Waals surface area contributed by atoms with Gasteiger partial charge < -0.3 is 21.5 Å². The molecule has 0 aromatic heterocycles. The maximum Gasteiger partial charge on any atom is 0.0783 e. The molecule has 0 fully saturated rings. The first-order valence-corrected chi connectivity index (χ1v) is 6.09. The van der Waals surface area contributed by atoms with E-state index in [9.17, 15) is 0 Å². The van der Waals surface area contributed by atoms with Gasteiger partial charge in [0.15, 0.2) is 0 Å². The van der Waals surface area contributed by atoms with Crippen molar-refractivity contribution in [2.75, 3.05) is 26.2 Å². The summed E-state index contributed by atoms with van der Waals surface area (Å²) in [4.78, 5) is 0. The molecular weight excluding hydrogens is 239 g/mol. The van der Waals surface area contributed by atoms with Gasteiger partial charge in [-0.2, -0.15) is 0 Å². The van der Waals surface area contributed by atoms with Crippen molar-refractivity contribution in [1.29, 1.82) is 0 Å². The minimum absolute atomic E-state index is 0. The smallest absolute Gasteiger partial charge is 0.0783 e. The van der Waals surface area contributed by atoms with E-state index in [2.05, 4.69) is 27.7 Å². The normalized spacial score (nSPS) is 11.1. The van der Waals surface area contributed by atoms with Crippen LogP contribution >= 0.6 is 0 Å². The summed E-state index contributed by atoms with van der Waals surface area (Å²) in [7, 11) is 0. The predicted molar refractivity (Wildman–Crippen MR) is 60.9 cm³/mol. The molecule has 0 N–H and O–H groups in total. The molecule has 0 aliphatic rings. The van der Waals surface area contributed by atoms with E-state index in [4.69, 9.17) is 0 Å². The van der Waals surface area contributed by atoms with Gasteiger partial charge in [-0.25, -0.2) is 0 Å². The Bertz CT molecular complexity index is 85.4. The highest BCUT2D eigenvalue weighted by atomic mass is 79.9. The summed E-state index contributed by atoms with van der Waals surface area (Å²) >= 11 is 0. The Labute approximate surface area is 101 Å². The van der Waals surface area contributed by atoms with Crippen LogP contribution in [0.15, 0.2) is 0 Å². The van der Waals surface area contributed by atoms with Crippen molar-refractivity contribution < 1.29 is 21.5 Å². The van der Waals surface area contributed by atoms with E-state index < -0.39 is 0 Å². The minimum atomic E-state index is 0. The van der Waals surface area contributed by atoms with E-state index in [-0.39, 0.29) is 17.0 Å². The molecule has 0 spiro atoms. The Hall–Kier alpha value is 0.440. The molecule has 88 valence electrons. The lowest BCUT2D eigenvalue weighted by atomic mass is 10.3. The SMILES string of the molecule is CCC[15N+](CCC)(CCC)CCC.[Br-]. The van der Waals surface area contributed by atoms with Gasteiger partial charge in [-0.05, 0) is 25.7 Å². The van der Waals surface area contributed by atoms with Crippen molar-refractivity contribution in [2.24, 2.45) is 0 Å². The third-order valence-corrected chi connectivity index (χ3v) is 2.79. The zero-order valence-electron chi connectivity index (χ0n) is 10.5. The molecule has 0 heterocycles. The topological polar surface area (TPSA) is 0 Å². The van der Waals surface area contributed by atoms with Crippen LogP contribution in [0.25, 0.3) is 0 Å². The first kappa shape index (κ1) is 16.9. The largest absolute Gasteiger partial charge is 1.00 e. The van der Waals surface area contributed by atoms with Crippen molar-refractivity contribution in [3.05, 3.63) is 0 Å². The minimum Gasteiger partial charge on any atom is -1.00 e. The molecule has 0 aliphatic heterocycles. The van der Waals surface area contributed by atoms with Crippen molar-refractivity contribution >= 4 is 0 Å². The molecular formula is C12H28BrN. The van der Waals surface area contributed by atoms with E-state index in [1.54, 1.807) is 0 Å². The molecule has 0 amide bonds. The van der Waals surface area contributed by atoms with Gasteiger partial charge in [0.25, 0.3) is 0 Å². The van der Waals surface area contributed by atoms with E-state index in [1.165, 1.54) is 56.3 Å². The van der Waals surface area contributed by atoms with Crippen LogP contribution in [-0.4, -0.2) is 30.7 Å². The molecule has 0 saturated heterocycles. The standard InChI is InChI=1S/C12H28N.BrH/c1-5-9-13(10-6-2,11-7-3)12-8-4;/h5-12H2,1-4H3;1H/q+1;/p-1/i13+1;. The van der Waals surface area contributed by atoms with Crippen molar-refractivity contribution in [2.45, 2.75) is 53.4 Å². The third kappa shape index (κ3) is 6.02. The highest BCUT2D eigenvalue weighted by Gasteiger charge is 2.22. The molecule has 0 aromatic rings. The van der Waals surface area contributed by atoms with Crippen molar-refractivity contribution in [3.63, 3.8) is 0 Å². The highest BCUT2D eigenvalue weighted by molar-refractivity contribution is 4.43. The van der Waals surface area contributed by atoms with Crippen LogP contribution in [0.1, 0.15) is 53.4 Å². The van der Waals surface area contributed by atoms with Gasteiger partial charge in [0.1, 0.15) is 0 Å². The zero-order valence-corrected chi connectivity index (χ0v) is 12.1. The molecule has 0 bridgehead atoms. The van der Waals surface area contributed by atoms with Gasteiger partial charge in [-0.3, -0.25) is 0 Å². The van der Waals surface area contributed by atoms with Crippen molar-refractivity contribution in [1.82, 2.24) is 0 Å². The van der Waals surface area contributed by atoms with Gasteiger partial charge in [0, 0.05) is 0 Å². The van der Waals surface area contributed by atoms with Gasteiger partial charge in [-0.15, -0.1) is 0 Å². The Morgan fingerprint density at radius 2 is 0.786 bits per heavy atom. The number of nitrogens with zero attached hydrogens (tertiary/aromatic N) is 1. The van der Waals surface area contributed by atoms with Crippen LogP contribution in [-0.2, 0) is 0 Å². The van der Waals surface area contributed by atoms with E-state index in [0.717, 1.165) is 0 Å². The Morgan fingerprint density at radius 1 is 0.571 bits per heavy atom. The fourth-order valence-electron chi connectivity index (χ4n) is 2.57. The van der Waals surface area contributed by atoms with Crippen LogP contribution < -0.4 is 17.0 Å². The maximum atomic E-state index is 2.31. The van der Waals surface area contributed by atoms with E-state index in [1.807, 2.05) is 0 Å². The van der Waals surface area contributed by atoms with E-state index >= 15 is 0 Å². The molecule has 0 atom stereocenters. The fourth-order valence-corrected chi connectivity index (χ4v) is 2.57. The summed E-state index contributed by atoms with van der Waals surface area (Å²) in [5.74, 6) is 0. The zero-order chi connectivity index (χ0) is 10.2.